The molecule has 0 atom stereocenters. The number of nitrogens with zero attached hydrogens (tertiary/aromatic N) is 4. The molecule has 4 aromatic carbocycles. The molecular weight excluding hydrogens is 503 g/mol. The predicted molar refractivity (Wildman–Crippen MR) is 129 cm³/mol. The van der Waals surface area contributed by atoms with Crippen molar-refractivity contribution in [3.63, 3.8) is 0 Å². The van der Waals surface area contributed by atoms with Crippen molar-refractivity contribution in [2.24, 2.45) is 31.9 Å². The van der Waals surface area contributed by atoms with Gasteiger partial charge in [0.2, 0.25) is 10.2 Å². The van der Waals surface area contributed by atoms with Gasteiger partial charge in [-0.3, -0.25) is 0 Å². The van der Waals surface area contributed by atoms with Gasteiger partial charge in [0.1, 0.15) is 0 Å². The van der Waals surface area contributed by atoms with Gasteiger partial charge >= 0.3 is 16.5 Å². The molecule has 0 fully saturated rings. The number of nitrogens with two attached hydrogens (primary N) is 2. The topological polar surface area (TPSA) is 148 Å². The van der Waals surface area contributed by atoms with Gasteiger partial charge in [0.15, 0.2) is 0 Å². The molecule has 0 bridgehead atoms. The molecule has 0 heterocycles. The van der Waals surface area contributed by atoms with E-state index in [2.05, 4.69) is 44.9 Å². The second kappa shape index (κ2) is 11.9. The van der Waals surface area contributed by atoms with E-state index in [4.69, 9.17) is 11.5 Å². The van der Waals surface area contributed by atoms with Crippen LogP contribution in [0.5, 0.6) is 11.5 Å². The Labute approximate surface area is 210 Å². The zero-order valence-electron chi connectivity index (χ0n) is 16.8. The molecule has 33 heavy (non-hydrogen) atoms. The Morgan fingerprint density at radius 3 is 1.33 bits per heavy atom. The zero-order valence-corrected chi connectivity index (χ0v) is 19.4. The first-order chi connectivity index (χ1) is 15.4. The van der Waals surface area contributed by atoms with E-state index in [1.165, 1.54) is 0 Å². The average molecular weight is 519 g/mol. The van der Waals surface area contributed by atoms with Crippen LogP contribution in [0.15, 0.2) is 93.3 Å². The first-order valence-electron chi connectivity index (χ1n) is 9.16. The smallest absolute Gasteiger partial charge is 0.871 e. The summed E-state index contributed by atoms with van der Waals surface area (Å²) < 4.78 is 0. The summed E-state index contributed by atoms with van der Waals surface area (Å²) >= 11 is 9.10. The molecule has 4 N–H and O–H groups in total. The number of rotatable bonds is 2. The largest absolute Gasteiger partial charge is 2.00 e. The quantitative estimate of drug-likeness (QED) is 0.227. The minimum absolute atomic E-state index is 0. The first kappa shape index (κ1) is 25.7. The summed E-state index contributed by atoms with van der Waals surface area (Å²) in [7, 11) is 0. The van der Waals surface area contributed by atoms with Crippen molar-refractivity contribution in [3.05, 3.63) is 72.8 Å². The summed E-state index contributed by atoms with van der Waals surface area (Å²) in [6, 6.07) is 21.4. The molecule has 8 nitrogen and oxygen atoms in total. The third-order valence-corrected chi connectivity index (χ3v) is 4.39. The second-order valence-electron chi connectivity index (χ2n) is 6.35. The van der Waals surface area contributed by atoms with Gasteiger partial charge in [-0.1, -0.05) is 72.2 Å². The molecule has 0 radical (unpaired) electrons. The van der Waals surface area contributed by atoms with Crippen molar-refractivity contribution < 1.29 is 26.7 Å². The van der Waals surface area contributed by atoms with Gasteiger partial charge in [-0.05, 0) is 58.1 Å². The van der Waals surface area contributed by atoms with Crippen LogP contribution < -0.4 is 21.7 Å². The van der Waals surface area contributed by atoms with Crippen LogP contribution in [-0.4, -0.2) is 10.2 Å². The fourth-order valence-corrected chi connectivity index (χ4v) is 2.91. The molecule has 4 aromatic rings. The van der Waals surface area contributed by atoms with Crippen LogP contribution in [0.25, 0.3) is 21.5 Å². The van der Waals surface area contributed by atoms with Gasteiger partial charge in [-0.25, -0.2) is 0 Å². The van der Waals surface area contributed by atoms with Crippen LogP contribution in [0, 0.1) is 0 Å². The minimum atomic E-state index is -0.168. The third kappa shape index (κ3) is 6.73. The van der Waals surface area contributed by atoms with Gasteiger partial charge in [-0.2, -0.15) is 0 Å². The molecule has 0 spiro atoms. The van der Waals surface area contributed by atoms with Crippen molar-refractivity contribution in [1.82, 2.24) is 0 Å². The maximum atomic E-state index is 11.9. The molecule has 168 valence electrons. The number of thiocarbonyl (C=S) groups is 2. The number of fused-ring (bicyclic) bond motifs is 2. The van der Waals surface area contributed by atoms with Gasteiger partial charge in [0.25, 0.3) is 0 Å². The van der Waals surface area contributed by atoms with Crippen molar-refractivity contribution >= 4 is 67.6 Å². The molecule has 0 aliphatic heterocycles. The average Bonchev–Trinajstić information content (AvgIpc) is 2.79. The maximum absolute atomic E-state index is 11.9. The Balaban J connectivity index is 0.000000227. The summed E-state index contributed by atoms with van der Waals surface area (Å²) in [5.74, 6) is -0.337. The van der Waals surface area contributed by atoms with Gasteiger partial charge < -0.3 is 21.7 Å². The number of hydrogen-bond donors (Lipinski definition) is 2. The van der Waals surface area contributed by atoms with E-state index >= 15 is 0 Å². The summed E-state index contributed by atoms with van der Waals surface area (Å²) in [5.41, 5.74) is 10.8. The Morgan fingerprint density at radius 2 is 0.970 bits per heavy atom. The maximum Gasteiger partial charge on any atom is 2.00 e. The Bertz CT molecular complexity index is 1270. The van der Waals surface area contributed by atoms with E-state index in [9.17, 15) is 10.2 Å². The Morgan fingerprint density at radius 1 is 0.606 bits per heavy atom. The number of hydrogen-bond acceptors (Lipinski definition) is 6. The van der Waals surface area contributed by atoms with Gasteiger partial charge in [0.05, 0.1) is 11.4 Å². The molecular formula is C22H16N6NiO2S2. The normalized spacial score (nSPS) is 10.7. The molecule has 11 heteroatoms. The van der Waals surface area contributed by atoms with Crippen LogP contribution in [-0.2, 0) is 16.5 Å². The van der Waals surface area contributed by atoms with Crippen molar-refractivity contribution in [3.8, 4) is 11.5 Å². The fourth-order valence-electron chi connectivity index (χ4n) is 2.83. The van der Waals surface area contributed by atoms with Gasteiger partial charge in [-0.15, -0.1) is 20.5 Å². The molecule has 0 aliphatic rings. The van der Waals surface area contributed by atoms with Crippen LogP contribution >= 0.6 is 24.4 Å². The monoisotopic (exact) mass is 518 g/mol. The molecule has 0 aromatic heterocycles. The second-order valence-corrected chi connectivity index (χ2v) is 7.18. The number of azo groups is 2. The Kier molecular flexibility index (Phi) is 9.29. The minimum Gasteiger partial charge on any atom is -0.871 e. The SMILES string of the molecule is NC(=S)N=Nc1ccc2ccccc2c1[O-].NC(=S)N=Nc1ccc2ccccc2c1[O-].[Ni+2]. The first-order valence-corrected chi connectivity index (χ1v) is 9.98. The molecule has 0 saturated carbocycles. The van der Waals surface area contributed by atoms with E-state index in [-0.39, 0.29) is 49.6 Å². The zero-order chi connectivity index (χ0) is 23.1. The van der Waals surface area contributed by atoms with E-state index < -0.39 is 0 Å². The molecule has 4 rings (SSSR count). The van der Waals surface area contributed by atoms with Gasteiger partial charge in [0, 0.05) is 0 Å². The van der Waals surface area contributed by atoms with E-state index in [0.29, 0.717) is 10.8 Å². The summed E-state index contributed by atoms with van der Waals surface area (Å²) in [4.78, 5) is 0. The van der Waals surface area contributed by atoms with E-state index in [1.54, 1.807) is 36.4 Å². The molecule has 0 aliphatic carbocycles. The third-order valence-electron chi connectivity index (χ3n) is 4.23. The van der Waals surface area contributed by atoms with Crippen molar-refractivity contribution in [2.45, 2.75) is 0 Å². The van der Waals surface area contributed by atoms with Crippen LogP contribution in [0.3, 0.4) is 0 Å². The predicted octanol–water partition coefficient (Wildman–Crippen LogP) is 4.48. The van der Waals surface area contributed by atoms with E-state index in [0.717, 1.165) is 10.8 Å². The molecule has 0 saturated heterocycles. The van der Waals surface area contributed by atoms with E-state index in [1.807, 2.05) is 36.4 Å². The van der Waals surface area contributed by atoms with Crippen LogP contribution in [0.2, 0.25) is 0 Å². The standard InChI is InChI=1S/2C11H9N3OS.Ni/c2*12-11(16)14-13-9-6-5-7-3-1-2-4-8(7)10(9)15;/h2*1-6,15H,(H2,12,16);/q;;+2/p-2. The van der Waals surface area contributed by atoms with Crippen molar-refractivity contribution in [1.29, 1.82) is 0 Å². The summed E-state index contributed by atoms with van der Waals surface area (Å²) in [6.07, 6.45) is 0. The molecule has 0 unspecified atom stereocenters. The van der Waals surface area contributed by atoms with Crippen LogP contribution in [0.1, 0.15) is 0 Å². The Hall–Kier alpha value is -3.53. The van der Waals surface area contributed by atoms with Crippen molar-refractivity contribution in [2.75, 3.05) is 0 Å². The number of benzene rings is 4. The fraction of sp³-hybridized carbons (Fsp3) is 0. The summed E-state index contributed by atoms with van der Waals surface area (Å²) in [5, 5.41) is 41.0. The summed E-state index contributed by atoms with van der Waals surface area (Å²) in [6.45, 7) is 0. The molecule has 0 amide bonds. The van der Waals surface area contributed by atoms with Crippen LogP contribution in [0.4, 0.5) is 11.4 Å².